The van der Waals surface area contributed by atoms with Crippen LogP contribution in [-0.4, -0.2) is 27.9 Å². The first-order valence-electron chi connectivity index (χ1n) is 5.64. The van der Waals surface area contributed by atoms with Crippen molar-refractivity contribution >= 4 is 0 Å². The van der Waals surface area contributed by atoms with Crippen molar-refractivity contribution in [1.82, 2.24) is 0 Å². The fourth-order valence-corrected chi connectivity index (χ4v) is 1.61. The molecule has 0 aliphatic rings. The Morgan fingerprint density at radius 3 is 2.22 bits per heavy atom. The molecule has 0 atom stereocenters. The summed E-state index contributed by atoms with van der Waals surface area (Å²) in [5.74, 6) is 1.85. The largest absolute Gasteiger partial charge is 0.493 e. The quantitative estimate of drug-likeness (QED) is 0.699. The molecule has 0 aromatic heterocycles. The van der Waals surface area contributed by atoms with Gasteiger partial charge < -0.3 is 18.9 Å². The highest BCUT2D eigenvalue weighted by atomic mass is 16.5. The Morgan fingerprint density at radius 2 is 1.72 bits per heavy atom. The van der Waals surface area contributed by atoms with Crippen LogP contribution in [0.15, 0.2) is 24.3 Å². The summed E-state index contributed by atoms with van der Waals surface area (Å²) in [5.41, 5.74) is 1.89. The van der Waals surface area contributed by atoms with Crippen molar-refractivity contribution in [2.45, 2.75) is 13.5 Å². The van der Waals surface area contributed by atoms with Crippen LogP contribution in [-0.2, 0) is 11.3 Å². The first kappa shape index (κ1) is 14.4. The van der Waals surface area contributed by atoms with Crippen LogP contribution in [0.5, 0.6) is 17.2 Å². The molecule has 0 saturated carbocycles. The molecule has 4 heteroatoms. The van der Waals surface area contributed by atoms with Crippen LogP contribution in [0.25, 0.3) is 0 Å². The zero-order valence-corrected chi connectivity index (χ0v) is 11.4. The fourth-order valence-electron chi connectivity index (χ4n) is 1.61. The van der Waals surface area contributed by atoms with Gasteiger partial charge in [0.05, 0.1) is 34.5 Å². The molecule has 18 heavy (non-hydrogen) atoms. The first-order chi connectivity index (χ1) is 8.63. The molecule has 0 fully saturated rings. The van der Waals surface area contributed by atoms with Gasteiger partial charge in [-0.3, -0.25) is 0 Å². The Morgan fingerprint density at radius 1 is 1.06 bits per heavy atom. The fraction of sp³-hybridized carbons (Fsp3) is 0.429. The van der Waals surface area contributed by atoms with E-state index in [4.69, 9.17) is 18.9 Å². The predicted octanol–water partition coefficient (Wildman–Crippen LogP) is 2.81. The van der Waals surface area contributed by atoms with Crippen LogP contribution in [0, 0.1) is 0 Å². The van der Waals surface area contributed by atoms with Crippen LogP contribution in [0.2, 0.25) is 0 Å². The minimum absolute atomic E-state index is 0.441. The smallest absolute Gasteiger partial charge is 0.203 e. The molecule has 0 aliphatic heterocycles. The van der Waals surface area contributed by atoms with Crippen molar-refractivity contribution in [2.75, 3.05) is 27.9 Å². The van der Waals surface area contributed by atoms with Gasteiger partial charge in [-0.05, 0) is 19.1 Å². The van der Waals surface area contributed by atoms with Gasteiger partial charge in [0.15, 0.2) is 11.5 Å². The zero-order chi connectivity index (χ0) is 13.5. The molecule has 100 valence electrons. The second-order valence-corrected chi connectivity index (χ2v) is 3.94. The lowest BCUT2D eigenvalue weighted by atomic mass is 10.2. The molecular formula is C14H20O4. The maximum atomic E-state index is 5.52. The number of ether oxygens (including phenoxy) is 4. The third kappa shape index (κ3) is 3.40. The Bertz CT molecular complexity index is 413. The van der Waals surface area contributed by atoms with Crippen LogP contribution in [0.3, 0.4) is 0 Å². The molecule has 0 saturated heterocycles. The third-order valence-corrected chi connectivity index (χ3v) is 2.39. The molecule has 1 aromatic carbocycles. The van der Waals surface area contributed by atoms with Gasteiger partial charge in [0.2, 0.25) is 5.75 Å². The predicted molar refractivity (Wildman–Crippen MR) is 70.6 cm³/mol. The molecule has 0 radical (unpaired) electrons. The van der Waals surface area contributed by atoms with E-state index < -0.39 is 0 Å². The number of hydrogen-bond donors (Lipinski definition) is 0. The van der Waals surface area contributed by atoms with Gasteiger partial charge in [0.25, 0.3) is 0 Å². The average molecular weight is 252 g/mol. The highest BCUT2D eigenvalue weighted by Gasteiger charge is 2.15. The lowest BCUT2D eigenvalue weighted by Crippen LogP contribution is -2.01. The second kappa shape index (κ2) is 6.91. The molecule has 0 unspecified atom stereocenters. The molecular weight excluding hydrogens is 232 g/mol. The molecule has 0 spiro atoms. The number of hydrogen-bond acceptors (Lipinski definition) is 4. The lowest BCUT2D eigenvalue weighted by Gasteiger charge is -2.15. The zero-order valence-electron chi connectivity index (χ0n) is 11.4. The standard InChI is InChI=1S/C14H20O4/c1-10(2)8-18-9-11-6-7-12(15-3)14(17-5)13(11)16-4/h6-7H,1,8-9H2,2-5H3. The molecule has 0 heterocycles. The van der Waals surface area contributed by atoms with Gasteiger partial charge in [-0.15, -0.1) is 0 Å². The van der Waals surface area contributed by atoms with Crippen LogP contribution in [0.4, 0.5) is 0 Å². The van der Waals surface area contributed by atoms with Crippen LogP contribution >= 0.6 is 0 Å². The average Bonchev–Trinajstić information content (AvgIpc) is 2.37. The maximum absolute atomic E-state index is 5.52. The van der Waals surface area contributed by atoms with Gasteiger partial charge in [0.1, 0.15) is 0 Å². The lowest BCUT2D eigenvalue weighted by molar-refractivity contribution is 0.140. The molecule has 0 amide bonds. The minimum Gasteiger partial charge on any atom is -0.493 e. The summed E-state index contributed by atoms with van der Waals surface area (Å²) in [5, 5.41) is 0. The van der Waals surface area contributed by atoms with E-state index in [9.17, 15) is 0 Å². The molecule has 0 N–H and O–H groups in total. The van der Waals surface area contributed by atoms with E-state index in [0.717, 1.165) is 11.1 Å². The SMILES string of the molecule is C=C(C)COCc1ccc(OC)c(OC)c1OC. The highest BCUT2D eigenvalue weighted by molar-refractivity contribution is 5.55. The van der Waals surface area contributed by atoms with Crippen molar-refractivity contribution in [3.63, 3.8) is 0 Å². The normalized spacial score (nSPS) is 10.0. The number of rotatable bonds is 7. The van der Waals surface area contributed by atoms with Gasteiger partial charge >= 0.3 is 0 Å². The molecule has 0 aliphatic carbocycles. The molecule has 1 rings (SSSR count). The third-order valence-electron chi connectivity index (χ3n) is 2.39. The van der Waals surface area contributed by atoms with E-state index in [1.807, 2.05) is 19.1 Å². The van der Waals surface area contributed by atoms with Crippen LogP contribution < -0.4 is 14.2 Å². The highest BCUT2D eigenvalue weighted by Crippen LogP contribution is 2.39. The number of methoxy groups -OCH3 is 3. The van der Waals surface area contributed by atoms with Gasteiger partial charge in [-0.25, -0.2) is 0 Å². The summed E-state index contributed by atoms with van der Waals surface area (Å²) in [6.07, 6.45) is 0. The first-order valence-corrected chi connectivity index (χ1v) is 5.64. The van der Waals surface area contributed by atoms with E-state index in [-0.39, 0.29) is 0 Å². The van der Waals surface area contributed by atoms with Gasteiger partial charge in [0, 0.05) is 5.56 Å². The Balaban J connectivity index is 2.94. The van der Waals surface area contributed by atoms with Crippen molar-refractivity contribution < 1.29 is 18.9 Å². The Kier molecular flexibility index (Phi) is 5.52. The van der Waals surface area contributed by atoms with E-state index >= 15 is 0 Å². The van der Waals surface area contributed by atoms with Crippen molar-refractivity contribution in [3.05, 3.63) is 29.8 Å². The molecule has 4 nitrogen and oxygen atoms in total. The summed E-state index contributed by atoms with van der Waals surface area (Å²) in [7, 11) is 4.77. The van der Waals surface area contributed by atoms with E-state index in [1.165, 1.54) is 0 Å². The van der Waals surface area contributed by atoms with Crippen molar-refractivity contribution in [2.24, 2.45) is 0 Å². The van der Waals surface area contributed by atoms with Crippen molar-refractivity contribution in [3.8, 4) is 17.2 Å². The van der Waals surface area contributed by atoms with Crippen LogP contribution in [0.1, 0.15) is 12.5 Å². The Labute approximate surface area is 108 Å². The maximum Gasteiger partial charge on any atom is 0.203 e. The molecule has 1 aromatic rings. The minimum atomic E-state index is 0.441. The summed E-state index contributed by atoms with van der Waals surface area (Å²) < 4.78 is 21.4. The monoisotopic (exact) mass is 252 g/mol. The topological polar surface area (TPSA) is 36.9 Å². The van der Waals surface area contributed by atoms with E-state index in [2.05, 4.69) is 6.58 Å². The van der Waals surface area contributed by atoms with E-state index in [0.29, 0.717) is 30.5 Å². The number of benzene rings is 1. The van der Waals surface area contributed by atoms with Crippen molar-refractivity contribution in [1.29, 1.82) is 0 Å². The summed E-state index contributed by atoms with van der Waals surface area (Å²) in [6, 6.07) is 3.74. The van der Waals surface area contributed by atoms with Gasteiger partial charge in [-0.2, -0.15) is 0 Å². The summed E-state index contributed by atoms with van der Waals surface area (Å²) in [6.45, 7) is 6.68. The summed E-state index contributed by atoms with van der Waals surface area (Å²) in [4.78, 5) is 0. The molecule has 0 bridgehead atoms. The van der Waals surface area contributed by atoms with E-state index in [1.54, 1.807) is 21.3 Å². The summed E-state index contributed by atoms with van der Waals surface area (Å²) >= 11 is 0. The van der Waals surface area contributed by atoms with Gasteiger partial charge in [-0.1, -0.05) is 12.2 Å². The second-order valence-electron chi connectivity index (χ2n) is 3.94. The Hall–Kier alpha value is -1.68.